The molecule has 0 saturated carbocycles. The molecule has 33 nitrogen and oxygen atoms in total. The van der Waals surface area contributed by atoms with Gasteiger partial charge in [0.05, 0.1) is 0 Å². The molecule has 0 fully saturated rings. The molecule has 0 aromatic carbocycles. The van der Waals surface area contributed by atoms with Crippen LogP contribution in [0.15, 0.2) is 0 Å². The van der Waals surface area contributed by atoms with E-state index in [1.807, 2.05) is 0 Å². The van der Waals surface area contributed by atoms with Crippen molar-refractivity contribution in [3.63, 3.8) is 0 Å². The van der Waals surface area contributed by atoms with E-state index in [-0.39, 0.29) is 975 Å². The molecule has 77 heteroatoms. The fourth-order valence-corrected chi connectivity index (χ4v) is 0. The zero-order valence-corrected chi connectivity index (χ0v) is 119. The van der Waals surface area contributed by atoms with Gasteiger partial charge in [0, 0.05) is 0 Å². The Hall–Kier alpha value is 32.4. The summed E-state index contributed by atoms with van der Waals surface area (Å²) in [6.45, 7) is 0. The fourth-order valence-electron chi connectivity index (χ4n) is 0. The van der Waals surface area contributed by atoms with E-state index in [1.165, 1.54) is 0 Å². The molecule has 0 aliphatic rings. The zero-order valence-electron chi connectivity index (χ0n) is 52.8. The maximum absolute atomic E-state index is 8.42. The van der Waals surface area contributed by atoms with Gasteiger partial charge in [-0.15, -0.1) is 0 Å². The molecule has 0 radical (unpaired) electrons. The molecule has 0 N–H and O–H groups in total. The topological polar surface area (TPSA) is 761 Å². The standard InChI is InChI=1S/11BO3.33Na/c11*2-1(3)4;;;;;;;;;;;;;;;;;;;;;;;;;;;;;;;;;/q11*-3;33*+1. The zero-order chi connectivity index (χ0) is 39.4. The first-order valence-corrected chi connectivity index (χ1v) is 7.78. The molecule has 0 saturated heterocycles. The number of rotatable bonds is 0. The van der Waals surface area contributed by atoms with E-state index in [4.69, 9.17) is 166 Å². The van der Waals surface area contributed by atoms with E-state index >= 15 is 0 Å². The molecule has 0 aliphatic carbocycles. The van der Waals surface area contributed by atoms with Gasteiger partial charge in [-0.05, 0) is 0 Å². The SMILES string of the molecule is [Na+].[Na+].[Na+].[Na+].[Na+].[Na+].[Na+].[Na+].[Na+].[Na+].[Na+].[Na+].[Na+].[Na+].[Na+].[Na+].[Na+].[Na+].[Na+].[Na+].[Na+].[Na+].[Na+].[Na+].[Na+].[Na+].[Na+].[Na+].[Na+].[Na+].[Na+].[Na+].[Na+].[O-]B([O-])[O-].[O-]B([O-])[O-].[O-]B([O-])[O-].[O-]B([O-])[O-].[O-]B([O-])[O-].[O-]B([O-])[O-].[O-]B([O-])[O-].[O-]B([O-])[O-].[O-]B([O-])[O-].[O-]B([O-])[O-].[O-]B([O-])[O-]. The normalized spacial score (nSPS) is 3.86. The van der Waals surface area contributed by atoms with Gasteiger partial charge in [-0.3, -0.25) is 80.5 Å². The van der Waals surface area contributed by atoms with Crippen molar-refractivity contribution in [3.05, 3.63) is 0 Å². The monoisotopic (exact) mass is 1410 g/mol. The smallest absolute Gasteiger partial charge is 0.907 e. The summed E-state index contributed by atoms with van der Waals surface area (Å²) < 4.78 is 0. The van der Waals surface area contributed by atoms with E-state index in [0.717, 1.165) is 0 Å². The van der Waals surface area contributed by atoms with Gasteiger partial charge >= 0.3 is 975 Å². The Morgan fingerprint density at radius 1 is 0.0649 bits per heavy atom. The maximum Gasteiger partial charge on any atom is 1.00 e. The minimum Gasteiger partial charge on any atom is -0.907 e. The fraction of sp³-hybridized carbons (Fsp3) is 0. The van der Waals surface area contributed by atoms with Crippen molar-refractivity contribution in [2.75, 3.05) is 0 Å². The molecule has 0 amide bonds. The van der Waals surface area contributed by atoms with Crippen LogP contribution in [-0.4, -0.2) is 80.5 Å². The first kappa shape index (κ1) is 301. The minimum absolute atomic E-state index is 0. The molecular formula is B11Na33O33. The Morgan fingerprint density at radius 3 is 0.0649 bits per heavy atom. The van der Waals surface area contributed by atoms with Gasteiger partial charge in [0.2, 0.25) is 0 Å². The molecule has 0 aromatic heterocycles. The average molecular weight is 1410 g/mol. The van der Waals surface area contributed by atoms with Crippen LogP contribution in [0.3, 0.4) is 0 Å². The Morgan fingerprint density at radius 2 is 0.0649 bits per heavy atom. The first-order valence-electron chi connectivity index (χ1n) is 7.78. The minimum atomic E-state index is -2.92. The third kappa shape index (κ3) is 1170. The first-order chi connectivity index (χ1) is 19.1. The second-order valence-electron chi connectivity index (χ2n) is 3.18. The molecule has 0 heterocycles. The van der Waals surface area contributed by atoms with Gasteiger partial charge in [0.15, 0.2) is 0 Å². The molecule has 0 aliphatic heterocycles. The van der Waals surface area contributed by atoms with E-state index in [9.17, 15) is 0 Å². The van der Waals surface area contributed by atoms with Crippen LogP contribution in [0.2, 0.25) is 0 Å². The molecule has 264 valence electrons. The predicted molar refractivity (Wildman–Crippen MR) is 63.3 cm³/mol. The third-order valence-corrected chi connectivity index (χ3v) is 0. The molecule has 0 bridgehead atoms. The Labute approximate surface area is 1180 Å². The molecule has 0 spiro atoms. The Kier molecular flexibility index (Phi) is 1140. The van der Waals surface area contributed by atoms with Crippen LogP contribution < -0.4 is 1140 Å². The summed E-state index contributed by atoms with van der Waals surface area (Å²) in [6.07, 6.45) is 0. The van der Waals surface area contributed by atoms with E-state index < -0.39 is 80.5 Å². The Bertz CT molecular complexity index is 278. The van der Waals surface area contributed by atoms with Crippen molar-refractivity contribution in [2.45, 2.75) is 0 Å². The third-order valence-electron chi connectivity index (χ3n) is 0. The van der Waals surface area contributed by atoms with Crippen LogP contribution in [0.5, 0.6) is 0 Å². The maximum atomic E-state index is 8.42. The van der Waals surface area contributed by atoms with Gasteiger partial charge < -0.3 is 166 Å². The second-order valence-corrected chi connectivity index (χ2v) is 3.18. The molecule has 0 atom stereocenters. The summed E-state index contributed by atoms with van der Waals surface area (Å²) in [5, 5.41) is 278. The molecule has 0 rings (SSSR count). The summed E-state index contributed by atoms with van der Waals surface area (Å²) in [5.74, 6) is 0. The van der Waals surface area contributed by atoms with Gasteiger partial charge in [-0.2, -0.15) is 0 Å². The van der Waals surface area contributed by atoms with Crippen molar-refractivity contribution in [1.82, 2.24) is 0 Å². The Balaban J connectivity index is -0.00000000355. The van der Waals surface area contributed by atoms with Gasteiger partial charge in [-0.25, -0.2) is 0 Å². The average Bonchev–Trinajstić information content (AvgIpc) is 2.55. The van der Waals surface area contributed by atoms with E-state index in [2.05, 4.69) is 0 Å². The summed E-state index contributed by atoms with van der Waals surface area (Å²) in [4.78, 5) is 0. The number of hydrogen-bond donors (Lipinski definition) is 0. The number of hydrogen-bond acceptors (Lipinski definition) is 33. The summed E-state index contributed by atoms with van der Waals surface area (Å²) in [6, 6.07) is 0. The molecular weight excluding hydrogens is 1410 g/mol. The summed E-state index contributed by atoms with van der Waals surface area (Å²) in [7, 11) is -32.1. The van der Waals surface area contributed by atoms with Crippen LogP contribution >= 0.6 is 0 Å². The largest absolute Gasteiger partial charge is 1.00 e. The molecule has 0 unspecified atom stereocenters. The van der Waals surface area contributed by atoms with Crippen LogP contribution in [-0.2, 0) is 0 Å². The van der Waals surface area contributed by atoms with Crippen LogP contribution in [0.25, 0.3) is 0 Å². The molecule has 77 heavy (non-hydrogen) atoms. The summed E-state index contributed by atoms with van der Waals surface area (Å²) >= 11 is 0. The molecule has 0 aromatic rings. The van der Waals surface area contributed by atoms with Crippen molar-refractivity contribution in [3.8, 4) is 0 Å². The van der Waals surface area contributed by atoms with Gasteiger partial charge in [0.25, 0.3) is 0 Å². The van der Waals surface area contributed by atoms with Crippen LogP contribution in [0, 0.1) is 0 Å². The van der Waals surface area contributed by atoms with Gasteiger partial charge in [-0.1, -0.05) is 0 Å². The second kappa shape index (κ2) is 292. The van der Waals surface area contributed by atoms with Crippen molar-refractivity contribution < 1.29 is 1140 Å². The van der Waals surface area contributed by atoms with Crippen LogP contribution in [0.1, 0.15) is 0 Å². The van der Waals surface area contributed by atoms with Crippen molar-refractivity contribution >= 4 is 80.5 Å². The quantitative estimate of drug-likeness (QED) is 0.203. The predicted octanol–water partition coefficient (Wildman–Crippen LogP) is -142. The van der Waals surface area contributed by atoms with Crippen LogP contribution in [0.4, 0.5) is 0 Å². The van der Waals surface area contributed by atoms with E-state index in [0.29, 0.717) is 0 Å². The van der Waals surface area contributed by atoms with E-state index in [1.54, 1.807) is 0 Å². The van der Waals surface area contributed by atoms with Crippen molar-refractivity contribution in [2.24, 2.45) is 0 Å². The van der Waals surface area contributed by atoms with Gasteiger partial charge in [0.1, 0.15) is 0 Å². The van der Waals surface area contributed by atoms with Crippen molar-refractivity contribution in [1.29, 1.82) is 0 Å². The summed E-state index contributed by atoms with van der Waals surface area (Å²) in [5.41, 5.74) is 0.